The molecule has 3 aromatic rings. The maximum absolute atomic E-state index is 3.32. The minimum absolute atomic E-state index is 0.246. The van der Waals surface area contributed by atoms with E-state index in [0.717, 1.165) is 0 Å². The van der Waals surface area contributed by atoms with Crippen molar-refractivity contribution in [3.63, 3.8) is 0 Å². The van der Waals surface area contributed by atoms with Gasteiger partial charge in [0.1, 0.15) is 0 Å². The van der Waals surface area contributed by atoms with Crippen molar-refractivity contribution in [1.29, 1.82) is 0 Å². The van der Waals surface area contributed by atoms with Gasteiger partial charge in [-0.05, 0) is 36.8 Å². The first-order chi connectivity index (χ1) is 8.84. The second kappa shape index (κ2) is 4.57. The van der Waals surface area contributed by atoms with Crippen LogP contribution in [0.1, 0.15) is 28.4 Å². The van der Waals surface area contributed by atoms with E-state index in [-0.39, 0.29) is 5.92 Å². The van der Waals surface area contributed by atoms with Crippen LogP contribution in [0.15, 0.2) is 60.9 Å². The zero-order valence-corrected chi connectivity index (χ0v) is 10.4. The summed E-state index contributed by atoms with van der Waals surface area (Å²) in [7, 11) is 0. The second-order valence-corrected chi connectivity index (χ2v) is 4.59. The van der Waals surface area contributed by atoms with Crippen LogP contribution in [0, 0.1) is 6.92 Å². The molecule has 2 heteroatoms. The van der Waals surface area contributed by atoms with Gasteiger partial charge in [0.05, 0.1) is 5.92 Å². The summed E-state index contributed by atoms with van der Waals surface area (Å²) in [6.07, 6.45) is 3.94. The molecule has 90 valence electrons. The minimum Gasteiger partial charge on any atom is -0.364 e. The highest BCUT2D eigenvalue weighted by Crippen LogP contribution is 2.29. The van der Waals surface area contributed by atoms with Crippen molar-refractivity contribution in [2.24, 2.45) is 0 Å². The summed E-state index contributed by atoms with van der Waals surface area (Å²) in [6, 6.07) is 17.1. The average molecular weight is 236 g/mol. The fourth-order valence-electron chi connectivity index (χ4n) is 2.33. The highest BCUT2D eigenvalue weighted by atomic mass is 14.7. The lowest BCUT2D eigenvalue weighted by Gasteiger charge is -2.15. The summed E-state index contributed by atoms with van der Waals surface area (Å²) in [5.74, 6) is 0.246. The van der Waals surface area contributed by atoms with Gasteiger partial charge in [-0.3, -0.25) is 0 Å². The molecular formula is C16H16N2. The van der Waals surface area contributed by atoms with Crippen LogP contribution in [0.2, 0.25) is 0 Å². The van der Waals surface area contributed by atoms with E-state index in [1.807, 2.05) is 24.5 Å². The number of benzene rings is 1. The van der Waals surface area contributed by atoms with E-state index in [0.29, 0.717) is 0 Å². The Bertz CT molecular complexity index is 555. The van der Waals surface area contributed by atoms with Crippen LogP contribution in [0.4, 0.5) is 0 Å². The van der Waals surface area contributed by atoms with Crippen molar-refractivity contribution in [3.05, 3.63) is 83.4 Å². The first-order valence-corrected chi connectivity index (χ1v) is 6.18. The Morgan fingerprint density at radius 2 is 1.33 bits per heavy atom. The van der Waals surface area contributed by atoms with Crippen LogP contribution < -0.4 is 0 Å². The molecule has 0 amide bonds. The van der Waals surface area contributed by atoms with Gasteiger partial charge in [-0.2, -0.15) is 0 Å². The third kappa shape index (κ3) is 1.97. The lowest BCUT2D eigenvalue weighted by Crippen LogP contribution is -2.04. The van der Waals surface area contributed by atoms with Crippen molar-refractivity contribution < 1.29 is 0 Å². The van der Waals surface area contributed by atoms with Crippen molar-refractivity contribution in [2.45, 2.75) is 12.8 Å². The summed E-state index contributed by atoms with van der Waals surface area (Å²) in [5.41, 5.74) is 5.00. The maximum Gasteiger partial charge on any atom is 0.0641 e. The Morgan fingerprint density at radius 1 is 0.778 bits per heavy atom. The monoisotopic (exact) mass is 236 g/mol. The molecule has 2 N–H and O–H groups in total. The van der Waals surface area contributed by atoms with E-state index in [1.54, 1.807) is 0 Å². The molecule has 0 fully saturated rings. The van der Waals surface area contributed by atoms with Gasteiger partial charge < -0.3 is 9.97 Å². The molecule has 0 unspecified atom stereocenters. The highest BCUT2D eigenvalue weighted by molar-refractivity contribution is 5.38. The quantitative estimate of drug-likeness (QED) is 0.692. The van der Waals surface area contributed by atoms with Crippen LogP contribution in [-0.4, -0.2) is 9.97 Å². The summed E-state index contributed by atoms with van der Waals surface area (Å²) in [5, 5.41) is 0. The number of hydrogen-bond donors (Lipinski definition) is 2. The molecule has 0 saturated carbocycles. The SMILES string of the molecule is Cc1ccc(C(c2ccc[nH]2)c2ccc[nH]2)cc1. The topological polar surface area (TPSA) is 31.6 Å². The second-order valence-electron chi connectivity index (χ2n) is 4.59. The van der Waals surface area contributed by atoms with Gasteiger partial charge in [0.25, 0.3) is 0 Å². The van der Waals surface area contributed by atoms with E-state index in [4.69, 9.17) is 0 Å². The van der Waals surface area contributed by atoms with Gasteiger partial charge in [0.15, 0.2) is 0 Å². The smallest absolute Gasteiger partial charge is 0.0641 e. The molecule has 2 aromatic heterocycles. The average Bonchev–Trinajstić information content (AvgIpc) is 3.06. The zero-order valence-electron chi connectivity index (χ0n) is 10.4. The molecule has 3 rings (SSSR count). The molecule has 0 spiro atoms. The predicted molar refractivity (Wildman–Crippen MR) is 73.7 cm³/mol. The molecule has 0 atom stereocenters. The molecule has 0 aliphatic carbocycles. The van der Waals surface area contributed by atoms with E-state index in [2.05, 4.69) is 53.3 Å². The molecule has 2 nitrogen and oxygen atoms in total. The van der Waals surface area contributed by atoms with Gasteiger partial charge in [-0.25, -0.2) is 0 Å². The van der Waals surface area contributed by atoms with Crippen molar-refractivity contribution in [3.8, 4) is 0 Å². The number of nitrogens with one attached hydrogen (secondary N) is 2. The summed E-state index contributed by atoms with van der Waals surface area (Å²) >= 11 is 0. The molecular weight excluding hydrogens is 220 g/mol. The molecule has 0 radical (unpaired) electrons. The lowest BCUT2D eigenvalue weighted by molar-refractivity contribution is 0.897. The van der Waals surface area contributed by atoms with Crippen molar-refractivity contribution in [1.82, 2.24) is 9.97 Å². The standard InChI is InChI=1S/C16H16N2/c1-12-6-8-13(9-7-12)16(14-4-2-10-17-14)15-5-3-11-18-15/h2-11,16-18H,1H3. The fourth-order valence-corrected chi connectivity index (χ4v) is 2.33. The van der Waals surface area contributed by atoms with E-state index in [1.165, 1.54) is 22.5 Å². The van der Waals surface area contributed by atoms with Gasteiger partial charge in [0.2, 0.25) is 0 Å². The Balaban J connectivity index is 2.08. The molecule has 18 heavy (non-hydrogen) atoms. The first-order valence-electron chi connectivity index (χ1n) is 6.18. The zero-order chi connectivity index (χ0) is 12.4. The highest BCUT2D eigenvalue weighted by Gasteiger charge is 2.17. The summed E-state index contributed by atoms with van der Waals surface area (Å²) in [6.45, 7) is 2.11. The number of rotatable bonds is 3. The summed E-state index contributed by atoms with van der Waals surface area (Å²) < 4.78 is 0. The number of aromatic nitrogens is 2. The van der Waals surface area contributed by atoms with E-state index in [9.17, 15) is 0 Å². The van der Waals surface area contributed by atoms with Crippen LogP contribution in [0.5, 0.6) is 0 Å². The predicted octanol–water partition coefficient (Wildman–Crippen LogP) is 3.83. The van der Waals surface area contributed by atoms with Gasteiger partial charge in [-0.1, -0.05) is 29.8 Å². The Hall–Kier alpha value is -2.22. The van der Waals surface area contributed by atoms with Gasteiger partial charge in [-0.15, -0.1) is 0 Å². The Labute approximate surface area is 107 Å². The number of aryl methyl sites for hydroxylation is 1. The number of aromatic amines is 2. The third-order valence-corrected chi connectivity index (χ3v) is 3.28. The van der Waals surface area contributed by atoms with Crippen molar-refractivity contribution >= 4 is 0 Å². The molecule has 0 saturated heterocycles. The number of hydrogen-bond acceptors (Lipinski definition) is 0. The van der Waals surface area contributed by atoms with Gasteiger partial charge >= 0.3 is 0 Å². The lowest BCUT2D eigenvalue weighted by atomic mass is 9.92. The Kier molecular flexibility index (Phi) is 2.77. The van der Waals surface area contributed by atoms with E-state index < -0.39 is 0 Å². The largest absolute Gasteiger partial charge is 0.364 e. The third-order valence-electron chi connectivity index (χ3n) is 3.28. The molecule has 2 heterocycles. The number of H-pyrrole nitrogens is 2. The molecule has 0 bridgehead atoms. The molecule has 0 aliphatic rings. The minimum atomic E-state index is 0.246. The Morgan fingerprint density at radius 3 is 1.78 bits per heavy atom. The normalized spacial score (nSPS) is 11.0. The van der Waals surface area contributed by atoms with Crippen LogP contribution in [0.3, 0.4) is 0 Å². The van der Waals surface area contributed by atoms with Crippen LogP contribution in [0.25, 0.3) is 0 Å². The van der Waals surface area contributed by atoms with Crippen LogP contribution in [-0.2, 0) is 0 Å². The van der Waals surface area contributed by atoms with Crippen LogP contribution >= 0.6 is 0 Å². The van der Waals surface area contributed by atoms with Crippen molar-refractivity contribution in [2.75, 3.05) is 0 Å². The first kappa shape index (κ1) is 10.9. The fraction of sp³-hybridized carbons (Fsp3) is 0.125. The molecule has 0 aliphatic heterocycles. The van der Waals surface area contributed by atoms with Gasteiger partial charge in [0, 0.05) is 23.8 Å². The summed E-state index contributed by atoms with van der Waals surface area (Å²) in [4.78, 5) is 6.64. The maximum atomic E-state index is 3.32. The molecule has 1 aromatic carbocycles. The van der Waals surface area contributed by atoms with E-state index >= 15 is 0 Å².